The zero-order chi connectivity index (χ0) is 15.2. The summed E-state index contributed by atoms with van der Waals surface area (Å²) in [7, 11) is 0. The molecule has 0 radical (unpaired) electrons. The van der Waals surface area contributed by atoms with Gasteiger partial charge in [-0.1, -0.05) is 39.0 Å². The van der Waals surface area contributed by atoms with E-state index >= 15 is 0 Å². The molecule has 0 saturated carbocycles. The van der Waals surface area contributed by atoms with Gasteiger partial charge in [-0.15, -0.1) is 0 Å². The molecule has 0 bridgehead atoms. The Hall–Kier alpha value is -0.810. The predicted molar refractivity (Wildman–Crippen MR) is 87.7 cm³/mol. The van der Waals surface area contributed by atoms with Crippen molar-refractivity contribution in [2.75, 3.05) is 32.9 Å². The normalized spacial score (nSPS) is 19.1. The highest BCUT2D eigenvalue weighted by Gasteiger charge is 2.15. The Morgan fingerprint density at radius 1 is 1.24 bits per heavy atom. The molecule has 0 amide bonds. The number of unbranched alkanes of at least 4 members (excludes halogenated alkanes) is 5. The van der Waals surface area contributed by atoms with E-state index in [1.165, 1.54) is 38.5 Å². The van der Waals surface area contributed by atoms with Gasteiger partial charge in [0.1, 0.15) is 0 Å². The van der Waals surface area contributed by atoms with Crippen LogP contribution in [0.2, 0.25) is 0 Å². The van der Waals surface area contributed by atoms with Gasteiger partial charge in [0, 0.05) is 26.3 Å². The van der Waals surface area contributed by atoms with Crippen LogP contribution in [0, 0.1) is 0 Å². The van der Waals surface area contributed by atoms with Crippen molar-refractivity contribution in [1.29, 1.82) is 0 Å². The molecule has 1 rings (SSSR count). The molecule has 0 spiro atoms. The Bertz CT molecular complexity index is 266. The van der Waals surface area contributed by atoms with Crippen LogP contribution < -0.4 is 11.1 Å². The minimum atomic E-state index is 0.289. The molecule has 0 aromatic rings. The van der Waals surface area contributed by atoms with Gasteiger partial charge in [-0.3, -0.25) is 4.99 Å². The maximum Gasteiger partial charge on any atom is 0.188 e. The molecular formula is C16H33N3O2. The molecule has 1 fully saturated rings. The van der Waals surface area contributed by atoms with E-state index < -0.39 is 0 Å². The first-order valence-electron chi connectivity index (χ1n) is 8.56. The average Bonchev–Trinajstić information content (AvgIpc) is 2.99. The third kappa shape index (κ3) is 10.5. The first-order chi connectivity index (χ1) is 10.3. The molecule has 1 unspecified atom stereocenters. The van der Waals surface area contributed by atoms with Crippen LogP contribution >= 0.6 is 0 Å². The minimum Gasteiger partial charge on any atom is -0.379 e. The Morgan fingerprint density at radius 3 is 2.81 bits per heavy atom. The largest absolute Gasteiger partial charge is 0.379 e. The van der Waals surface area contributed by atoms with Gasteiger partial charge in [0.15, 0.2) is 5.96 Å². The number of ether oxygens (including phenoxy) is 2. The highest BCUT2D eigenvalue weighted by atomic mass is 16.5. The standard InChI is InChI=1S/C16H33N3O2/c1-2-3-4-5-6-7-10-18-16(17)19-11-8-12-21-15-9-13-20-14-15/h15H,2-14H2,1H3,(H3,17,18,19). The Balaban J connectivity index is 1.85. The lowest BCUT2D eigenvalue weighted by Gasteiger charge is -2.09. The third-order valence-electron chi connectivity index (χ3n) is 3.66. The molecule has 1 aliphatic rings. The fourth-order valence-corrected chi connectivity index (χ4v) is 2.34. The summed E-state index contributed by atoms with van der Waals surface area (Å²) in [6.45, 7) is 6.21. The Morgan fingerprint density at radius 2 is 2.05 bits per heavy atom. The van der Waals surface area contributed by atoms with E-state index in [2.05, 4.69) is 17.2 Å². The molecule has 1 aliphatic heterocycles. The Kier molecular flexibility index (Phi) is 11.2. The van der Waals surface area contributed by atoms with E-state index in [0.29, 0.717) is 5.96 Å². The number of guanidine groups is 1. The summed E-state index contributed by atoms with van der Waals surface area (Å²) < 4.78 is 10.9. The van der Waals surface area contributed by atoms with Crippen molar-refractivity contribution < 1.29 is 9.47 Å². The van der Waals surface area contributed by atoms with Gasteiger partial charge in [0.05, 0.1) is 12.7 Å². The molecule has 1 atom stereocenters. The molecule has 21 heavy (non-hydrogen) atoms. The highest BCUT2D eigenvalue weighted by Crippen LogP contribution is 2.08. The fourth-order valence-electron chi connectivity index (χ4n) is 2.34. The number of hydrogen-bond acceptors (Lipinski definition) is 3. The highest BCUT2D eigenvalue weighted by molar-refractivity contribution is 5.77. The van der Waals surface area contributed by atoms with Crippen molar-refractivity contribution in [2.24, 2.45) is 10.7 Å². The van der Waals surface area contributed by atoms with Gasteiger partial charge in [0.2, 0.25) is 0 Å². The molecule has 0 aromatic carbocycles. The number of nitrogens with zero attached hydrogens (tertiary/aromatic N) is 1. The third-order valence-corrected chi connectivity index (χ3v) is 3.66. The lowest BCUT2D eigenvalue weighted by Crippen LogP contribution is -2.32. The van der Waals surface area contributed by atoms with Crippen LogP contribution in [0.1, 0.15) is 58.3 Å². The number of nitrogens with one attached hydrogen (secondary N) is 1. The Labute approximate surface area is 129 Å². The average molecular weight is 299 g/mol. The van der Waals surface area contributed by atoms with Crippen LogP contribution in [-0.4, -0.2) is 45.0 Å². The van der Waals surface area contributed by atoms with Crippen LogP contribution in [0.3, 0.4) is 0 Å². The van der Waals surface area contributed by atoms with Crippen molar-refractivity contribution in [2.45, 2.75) is 64.4 Å². The van der Waals surface area contributed by atoms with Crippen molar-refractivity contribution in [3.05, 3.63) is 0 Å². The van der Waals surface area contributed by atoms with Crippen molar-refractivity contribution >= 4 is 5.96 Å². The van der Waals surface area contributed by atoms with E-state index in [1.807, 2.05) is 0 Å². The summed E-state index contributed by atoms with van der Waals surface area (Å²) in [6.07, 6.45) is 10.0. The van der Waals surface area contributed by atoms with Gasteiger partial charge >= 0.3 is 0 Å². The number of nitrogens with two attached hydrogens (primary N) is 1. The summed E-state index contributed by atoms with van der Waals surface area (Å²) in [4.78, 5) is 4.31. The molecule has 0 aromatic heterocycles. The smallest absolute Gasteiger partial charge is 0.188 e. The van der Waals surface area contributed by atoms with Crippen LogP contribution in [0.25, 0.3) is 0 Å². The molecule has 5 heteroatoms. The van der Waals surface area contributed by atoms with Gasteiger partial charge in [0.25, 0.3) is 0 Å². The molecular weight excluding hydrogens is 266 g/mol. The molecule has 5 nitrogen and oxygen atoms in total. The van der Waals surface area contributed by atoms with Crippen molar-refractivity contribution in [1.82, 2.24) is 5.32 Å². The number of aliphatic imine (C=N–C) groups is 1. The zero-order valence-corrected chi connectivity index (χ0v) is 13.6. The van der Waals surface area contributed by atoms with Gasteiger partial charge in [-0.25, -0.2) is 0 Å². The summed E-state index contributed by atoms with van der Waals surface area (Å²) in [6, 6.07) is 0. The quantitative estimate of drug-likeness (QED) is 0.330. The van der Waals surface area contributed by atoms with Gasteiger partial charge < -0.3 is 20.5 Å². The second kappa shape index (κ2) is 12.9. The lowest BCUT2D eigenvalue weighted by atomic mass is 10.1. The van der Waals surface area contributed by atoms with Crippen molar-refractivity contribution in [3.8, 4) is 0 Å². The predicted octanol–water partition coefficient (Wildman–Crippen LogP) is 2.45. The summed E-state index contributed by atoms with van der Waals surface area (Å²) in [5.74, 6) is 0.563. The first-order valence-corrected chi connectivity index (χ1v) is 8.56. The fraction of sp³-hybridized carbons (Fsp3) is 0.938. The van der Waals surface area contributed by atoms with E-state index in [9.17, 15) is 0 Å². The number of hydrogen-bond donors (Lipinski definition) is 2. The molecule has 1 saturated heterocycles. The van der Waals surface area contributed by atoms with E-state index in [0.717, 1.165) is 45.8 Å². The zero-order valence-electron chi connectivity index (χ0n) is 13.6. The van der Waals surface area contributed by atoms with Crippen LogP contribution in [0.5, 0.6) is 0 Å². The minimum absolute atomic E-state index is 0.289. The SMILES string of the molecule is CCCCCCCCNC(N)=NCCCOC1CCOC1. The maximum atomic E-state index is 5.82. The van der Waals surface area contributed by atoms with Crippen LogP contribution in [0.15, 0.2) is 4.99 Å². The van der Waals surface area contributed by atoms with Crippen LogP contribution in [0.4, 0.5) is 0 Å². The monoisotopic (exact) mass is 299 g/mol. The lowest BCUT2D eigenvalue weighted by molar-refractivity contribution is 0.0424. The topological polar surface area (TPSA) is 68.9 Å². The second-order valence-corrected chi connectivity index (χ2v) is 5.67. The second-order valence-electron chi connectivity index (χ2n) is 5.67. The maximum absolute atomic E-state index is 5.82. The van der Waals surface area contributed by atoms with Crippen molar-refractivity contribution in [3.63, 3.8) is 0 Å². The molecule has 124 valence electrons. The molecule has 3 N–H and O–H groups in total. The molecule has 0 aliphatic carbocycles. The summed E-state index contributed by atoms with van der Waals surface area (Å²) in [5, 5.41) is 3.17. The van der Waals surface area contributed by atoms with E-state index in [-0.39, 0.29) is 6.10 Å². The molecule has 1 heterocycles. The van der Waals surface area contributed by atoms with Gasteiger partial charge in [-0.05, 0) is 19.3 Å². The first kappa shape index (κ1) is 18.2. The van der Waals surface area contributed by atoms with E-state index in [4.69, 9.17) is 15.2 Å². The van der Waals surface area contributed by atoms with Crippen LogP contribution in [-0.2, 0) is 9.47 Å². The summed E-state index contributed by atoms with van der Waals surface area (Å²) >= 11 is 0. The summed E-state index contributed by atoms with van der Waals surface area (Å²) in [5.41, 5.74) is 5.82. The van der Waals surface area contributed by atoms with E-state index in [1.54, 1.807) is 0 Å². The number of rotatable bonds is 12. The van der Waals surface area contributed by atoms with Gasteiger partial charge in [-0.2, -0.15) is 0 Å².